The third-order valence-electron chi connectivity index (χ3n) is 6.38. The van der Waals surface area contributed by atoms with E-state index in [4.69, 9.17) is 5.73 Å². The van der Waals surface area contributed by atoms with Gasteiger partial charge in [-0.05, 0) is 24.1 Å². The molecule has 0 saturated heterocycles. The van der Waals surface area contributed by atoms with E-state index in [1.165, 1.54) is 49.5 Å². The number of nitrogen functional groups attached to an aromatic ring is 1. The van der Waals surface area contributed by atoms with Gasteiger partial charge in [0.1, 0.15) is 11.4 Å². The van der Waals surface area contributed by atoms with Crippen LogP contribution in [-0.2, 0) is 18.8 Å². The number of nitrogens with one attached hydrogen (secondary N) is 1. The number of nitrogens with zero attached hydrogens (tertiary/aromatic N) is 4. The Bertz CT molecular complexity index is 1390. The molecule has 0 atom stereocenters. The van der Waals surface area contributed by atoms with E-state index in [1.807, 2.05) is 0 Å². The van der Waals surface area contributed by atoms with Gasteiger partial charge in [0.15, 0.2) is 5.82 Å². The fourth-order valence-electron chi connectivity index (χ4n) is 4.17. The molecular weight excluding hydrogens is 561 g/mol. The zero-order valence-corrected chi connectivity index (χ0v) is 21.9. The number of hydrogen-bond donors (Lipinski definition) is 2. The Hall–Kier alpha value is -4.04. The second-order valence-electron chi connectivity index (χ2n) is 9.41. The third-order valence-corrected chi connectivity index (χ3v) is 6.38. The summed E-state index contributed by atoms with van der Waals surface area (Å²) < 4.78 is 87.7. The Morgan fingerprint density at radius 2 is 1.41 bits per heavy atom. The van der Waals surface area contributed by atoms with E-state index < -0.39 is 40.5 Å². The molecular formula is C26H27F7N6O2. The Labute approximate surface area is 229 Å². The number of aromatic nitrogens is 4. The number of halogens is 7. The average Bonchev–Trinajstić information content (AvgIpc) is 2.91. The van der Waals surface area contributed by atoms with Crippen molar-refractivity contribution in [3.8, 4) is 11.4 Å². The summed E-state index contributed by atoms with van der Waals surface area (Å²) in [6.07, 6.45) is 2.21. The van der Waals surface area contributed by atoms with Crippen LogP contribution in [0, 0.1) is 5.82 Å². The van der Waals surface area contributed by atoms with E-state index in [2.05, 4.69) is 15.1 Å². The summed E-state index contributed by atoms with van der Waals surface area (Å²) in [6.45, 7) is 0.491. The molecule has 3 N–H and O–H groups in total. The van der Waals surface area contributed by atoms with Crippen molar-refractivity contribution >= 4 is 11.6 Å². The summed E-state index contributed by atoms with van der Waals surface area (Å²) in [5, 5.41) is 4.74. The Morgan fingerprint density at radius 3 is 1.88 bits per heavy atom. The SMILES string of the molecule is C1CCCCC1.CN1CCc2cc(-c3ncc(C(F)(F)F)cn3)c(F)cc2C1=O.Nc1cn[nH]c(=O)c1C(F)(F)F. The lowest BCUT2D eigenvalue weighted by molar-refractivity contribution is -0.138. The van der Waals surface area contributed by atoms with Gasteiger partial charge in [-0.25, -0.2) is 19.5 Å². The molecule has 0 spiro atoms. The monoisotopic (exact) mass is 588 g/mol. The van der Waals surface area contributed by atoms with E-state index >= 15 is 0 Å². The molecule has 15 heteroatoms. The molecule has 0 unspecified atom stereocenters. The van der Waals surface area contributed by atoms with Crippen LogP contribution in [0.25, 0.3) is 11.4 Å². The van der Waals surface area contributed by atoms with Crippen LogP contribution < -0.4 is 11.3 Å². The summed E-state index contributed by atoms with van der Waals surface area (Å²) >= 11 is 0. The normalized spacial score (nSPS) is 15.2. The minimum Gasteiger partial charge on any atom is -0.397 e. The van der Waals surface area contributed by atoms with Gasteiger partial charge in [-0.1, -0.05) is 38.5 Å². The lowest BCUT2D eigenvalue weighted by atomic mass is 9.96. The van der Waals surface area contributed by atoms with Crippen LogP contribution in [-0.4, -0.2) is 44.6 Å². The number of H-pyrrole nitrogens is 1. The highest BCUT2D eigenvalue weighted by Crippen LogP contribution is 2.31. The molecule has 2 aliphatic rings. The number of fused-ring (bicyclic) bond motifs is 1. The molecule has 41 heavy (non-hydrogen) atoms. The highest BCUT2D eigenvalue weighted by Gasteiger charge is 2.36. The number of nitrogens with two attached hydrogens (primary N) is 1. The van der Waals surface area contributed by atoms with Gasteiger partial charge in [0.05, 0.1) is 23.0 Å². The topological polar surface area (TPSA) is 118 Å². The number of carbonyl (C=O) groups excluding carboxylic acids is 1. The standard InChI is InChI=1S/C15H11F4N3O.C6H12.C5H4F3N3O/c1-22-3-2-8-4-11(12(16)5-10(8)14(22)23)13-20-6-9(7-21-13)15(17,18)19;1-2-4-6-5-3-1;6-5(7,8)3-2(9)1-10-11-4(3)12/h4-7H,2-3H2,1H3;1-6H2;1H,(H3,9,11,12). The van der Waals surface area contributed by atoms with Crippen molar-refractivity contribution in [2.45, 2.75) is 57.3 Å². The summed E-state index contributed by atoms with van der Waals surface area (Å²) in [5.74, 6) is -1.18. The Balaban J connectivity index is 0.000000212. The van der Waals surface area contributed by atoms with Gasteiger partial charge in [0.25, 0.3) is 11.5 Å². The van der Waals surface area contributed by atoms with E-state index in [-0.39, 0.29) is 22.9 Å². The predicted octanol–water partition coefficient (Wildman–Crippen LogP) is 5.64. The van der Waals surface area contributed by atoms with Crippen LogP contribution in [0.2, 0.25) is 0 Å². The van der Waals surface area contributed by atoms with Crippen molar-refractivity contribution < 1.29 is 35.5 Å². The third kappa shape index (κ3) is 8.24. The molecule has 8 nitrogen and oxygen atoms in total. The van der Waals surface area contributed by atoms with Gasteiger partial charge in [-0.15, -0.1) is 0 Å². The summed E-state index contributed by atoms with van der Waals surface area (Å²) in [6, 6.07) is 2.52. The highest BCUT2D eigenvalue weighted by atomic mass is 19.4. The first-order valence-corrected chi connectivity index (χ1v) is 12.6. The van der Waals surface area contributed by atoms with Crippen LogP contribution in [0.4, 0.5) is 36.4 Å². The van der Waals surface area contributed by atoms with Gasteiger partial charge < -0.3 is 10.6 Å². The van der Waals surface area contributed by atoms with Crippen molar-refractivity contribution in [1.29, 1.82) is 0 Å². The lowest BCUT2D eigenvalue weighted by Crippen LogP contribution is -2.34. The number of benzene rings is 1. The maximum Gasteiger partial charge on any atom is 0.423 e. The maximum atomic E-state index is 14.2. The summed E-state index contributed by atoms with van der Waals surface area (Å²) in [7, 11) is 1.62. The molecule has 0 bridgehead atoms. The summed E-state index contributed by atoms with van der Waals surface area (Å²) in [4.78, 5) is 31.2. The number of rotatable bonds is 1. The Morgan fingerprint density at radius 1 is 0.854 bits per heavy atom. The smallest absolute Gasteiger partial charge is 0.397 e. The number of hydrogen-bond acceptors (Lipinski definition) is 6. The first-order valence-electron chi connectivity index (χ1n) is 12.6. The largest absolute Gasteiger partial charge is 0.423 e. The van der Waals surface area contributed by atoms with E-state index in [0.717, 1.165) is 12.3 Å². The van der Waals surface area contributed by atoms with Gasteiger partial charge in [-0.3, -0.25) is 9.59 Å². The number of carbonyl (C=O) groups is 1. The van der Waals surface area contributed by atoms with Crippen molar-refractivity contribution in [3.63, 3.8) is 0 Å². The van der Waals surface area contributed by atoms with Crippen molar-refractivity contribution in [3.05, 3.63) is 69.1 Å². The molecule has 0 radical (unpaired) electrons. The van der Waals surface area contributed by atoms with E-state index in [1.54, 1.807) is 12.1 Å². The average molecular weight is 589 g/mol. The fraction of sp³-hybridized carbons (Fsp3) is 0.423. The van der Waals surface area contributed by atoms with E-state index in [0.29, 0.717) is 30.9 Å². The first-order chi connectivity index (χ1) is 19.2. The fourth-order valence-corrected chi connectivity index (χ4v) is 4.17. The van der Waals surface area contributed by atoms with Crippen molar-refractivity contribution in [2.24, 2.45) is 0 Å². The van der Waals surface area contributed by atoms with Crippen LogP contribution in [0.1, 0.15) is 65.6 Å². The molecule has 3 heterocycles. The lowest BCUT2D eigenvalue weighted by Gasteiger charge is -2.25. The van der Waals surface area contributed by atoms with Gasteiger partial charge in [-0.2, -0.15) is 31.4 Å². The quantitative estimate of drug-likeness (QED) is 0.356. The molecule has 3 aromatic rings. The molecule has 222 valence electrons. The van der Waals surface area contributed by atoms with Crippen LogP contribution in [0.5, 0.6) is 0 Å². The predicted molar refractivity (Wildman–Crippen MR) is 135 cm³/mol. The second kappa shape index (κ2) is 13.1. The number of anilines is 1. The number of aromatic amines is 1. The molecule has 1 aliphatic carbocycles. The molecule has 1 saturated carbocycles. The summed E-state index contributed by atoms with van der Waals surface area (Å²) in [5.41, 5.74) is 1.36. The van der Waals surface area contributed by atoms with Crippen LogP contribution in [0.3, 0.4) is 0 Å². The molecule has 5 rings (SSSR count). The van der Waals surface area contributed by atoms with Gasteiger partial charge >= 0.3 is 12.4 Å². The van der Waals surface area contributed by atoms with Gasteiger partial charge in [0, 0.05) is 31.5 Å². The number of likely N-dealkylation sites (N-methyl/N-ethyl adjacent to an activating group) is 1. The number of amides is 1. The first kappa shape index (κ1) is 31.5. The van der Waals surface area contributed by atoms with Crippen molar-refractivity contribution in [1.82, 2.24) is 25.1 Å². The molecule has 1 amide bonds. The van der Waals surface area contributed by atoms with Crippen LogP contribution >= 0.6 is 0 Å². The van der Waals surface area contributed by atoms with Crippen LogP contribution in [0.15, 0.2) is 35.5 Å². The molecule has 1 aliphatic heterocycles. The maximum absolute atomic E-state index is 14.2. The highest BCUT2D eigenvalue weighted by molar-refractivity contribution is 5.97. The van der Waals surface area contributed by atoms with Crippen molar-refractivity contribution in [2.75, 3.05) is 19.3 Å². The molecule has 1 aromatic carbocycles. The zero-order chi connectivity index (χ0) is 30.4. The van der Waals surface area contributed by atoms with E-state index in [9.17, 15) is 40.3 Å². The second-order valence-corrected chi connectivity index (χ2v) is 9.41. The Kier molecular flexibility index (Phi) is 10.0. The minimum atomic E-state index is -4.74. The number of alkyl halides is 6. The van der Waals surface area contributed by atoms with Gasteiger partial charge in [0.2, 0.25) is 0 Å². The molecule has 2 aromatic heterocycles. The molecule has 1 fully saturated rings. The zero-order valence-electron chi connectivity index (χ0n) is 21.9. The minimum absolute atomic E-state index is 0.0187.